The number of carboxylic acids is 1. The minimum Gasteiger partial charge on any atom is -0.481 e. The number of carbonyl (C=O) groups is 1. The monoisotopic (exact) mass is 221 g/mol. The van der Waals surface area contributed by atoms with Gasteiger partial charge in [0.2, 0.25) is 0 Å². The molecule has 1 fully saturated rings. The summed E-state index contributed by atoms with van der Waals surface area (Å²) in [7, 11) is 0. The molecule has 0 bridgehead atoms. The molecule has 1 N–H and O–H groups in total. The molecule has 86 valence electrons. The van der Waals surface area contributed by atoms with Gasteiger partial charge < -0.3 is 5.11 Å². The van der Waals surface area contributed by atoms with Crippen molar-refractivity contribution in [1.29, 1.82) is 0 Å². The van der Waals surface area contributed by atoms with Crippen LogP contribution in [0.3, 0.4) is 0 Å². The third-order valence-electron chi connectivity index (χ3n) is 3.17. The van der Waals surface area contributed by atoms with E-state index >= 15 is 0 Å². The van der Waals surface area contributed by atoms with Crippen molar-refractivity contribution in [2.45, 2.75) is 25.9 Å². The summed E-state index contributed by atoms with van der Waals surface area (Å²) < 4.78 is 0. The third-order valence-corrected chi connectivity index (χ3v) is 3.17. The number of aromatic nitrogens is 2. The molecule has 2 rings (SSSR count). The summed E-state index contributed by atoms with van der Waals surface area (Å²) in [5.41, 5.74) is 0. The summed E-state index contributed by atoms with van der Waals surface area (Å²) in [6, 6.07) is 1.83. The predicted molar refractivity (Wildman–Crippen MR) is 57.6 cm³/mol. The average molecular weight is 221 g/mol. The van der Waals surface area contributed by atoms with E-state index in [9.17, 15) is 4.79 Å². The molecule has 0 spiro atoms. The van der Waals surface area contributed by atoms with E-state index in [0.717, 1.165) is 12.4 Å². The van der Waals surface area contributed by atoms with E-state index in [2.05, 4.69) is 14.9 Å². The number of nitrogens with zero attached hydrogens (tertiary/aromatic N) is 3. The number of hydrogen-bond acceptors (Lipinski definition) is 4. The van der Waals surface area contributed by atoms with E-state index in [0.29, 0.717) is 13.0 Å². The molecule has 5 nitrogen and oxygen atoms in total. The van der Waals surface area contributed by atoms with Crippen LogP contribution in [0.15, 0.2) is 18.5 Å². The molecule has 1 saturated heterocycles. The van der Waals surface area contributed by atoms with Crippen molar-refractivity contribution in [3.8, 4) is 0 Å². The second kappa shape index (κ2) is 4.57. The highest BCUT2D eigenvalue weighted by Crippen LogP contribution is 2.25. The largest absolute Gasteiger partial charge is 0.481 e. The van der Waals surface area contributed by atoms with Gasteiger partial charge in [0.25, 0.3) is 0 Å². The fraction of sp³-hybridized carbons (Fsp3) is 0.545. The van der Waals surface area contributed by atoms with Crippen LogP contribution in [-0.4, -0.2) is 38.5 Å². The van der Waals surface area contributed by atoms with Gasteiger partial charge in [-0.05, 0) is 26.0 Å². The first kappa shape index (κ1) is 11.0. The highest BCUT2D eigenvalue weighted by Gasteiger charge is 2.35. The molecule has 16 heavy (non-hydrogen) atoms. The maximum Gasteiger partial charge on any atom is 0.308 e. The number of aliphatic carboxylic acids is 1. The van der Waals surface area contributed by atoms with Crippen molar-refractivity contribution in [3.63, 3.8) is 0 Å². The summed E-state index contributed by atoms with van der Waals surface area (Å²) in [5, 5.41) is 9.01. The number of hydrogen-bond donors (Lipinski definition) is 1. The van der Waals surface area contributed by atoms with Crippen molar-refractivity contribution in [2.75, 3.05) is 6.54 Å². The van der Waals surface area contributed by atoms with Gasteiger partial charge in [0.1, 0.15) is 5.82 Å². The van der Waals surface area contributed by atoms with Crippen LogP contribution in [0.1, 0.15) is 19.2 Å². The van der Waals surface area contributed by atoms with Crippen molar-refractivity contribution in [2.24, 2.45) is 5.92 Å². The van der Waals surface area contributed by atoms with Gasteiger partial charge in [-0.1, -0.05) is 0 Å². The van der Waals surface area contributed by atoms with Gasteiger partial charge in [-0.3, -0.25) is 9.69 Å². The summed E-state index contributed by atoms with van der Waals surface area (Å²) >= 11 is 0. The molecular formula is C11H15N3O2. The minimum atomic E-state index is -0.705. The predicted octanol–water partition coefficient (Wildman–Crippen LogP) is 0.772. The van der Waals surface area contributed by atoms with E-state index in [4.69, 9.17) is 5.11 Å². The molecule has 0 radical (unpaired) electrons. The van der Waals surface area contributed by atoms with Gasteiger partial charge >= 0.3 is 5.97 Å². The topological polar surface area (TPSA) is 66.3 Å². The standard InChI is InChI=1S/C11H15N3O2/c1-8-9(11(15)16)3-6-14(8)7-10-12-4-2-5-13-10/h2,4-5,8-9H,3,6-7H2,1H3,(H,15,16). The van der Waals surface area contributed by atoms with E-state index in [-0.39, 0.29) is 12.0 Å². The Labute approximate surface area is 94.1 Å². The van der Waals surface area contributed by atoms with Crippen LogP contribution >= 0.6 is 0 Å². The second-order valence-electron chi connectivity index (χ2n) is 4.11. The van der Waals surface area contributed by atoms with Crippen LogP contribution < -0.4 is 0 Å². The zero-order valence-electron chi connectivity index (χ0n) is 9.21. The molecule has 1 aliphatic heterocycles. The molecule has 1 aliphatic rings. The Hall–Kier alpha value is -1.49. The van der Waals surface area contributed by atoms with Crippen molar-refractivity contribution < 1.29 is 9.90 Å². The first-order valence-corrected chi connectivity index (χ1v) is 5.41. The van der Waals surface area contributed by atoms with Crippen molar-refractivity contribution >= 4 is 5.97 Å². The summed E-state index contributed by atoms with van der Waals surface area (Å²) in [6.07, 6.45) is 4.12. The quantitative estimate of drug-likeness (QED) is 0.816. The van der Waals surface area contributed by atoms with Crippen LogP contribution in [0, 0.1) is 5.92 Å². The SMILES string of the molecule is CC1C(C(=O)O)CCN1Cc1ncccn1. The summed E-state index contributed by atoms with van der Waals surface area (Å²) in [5.74, 6) is -0.215. The van der Waals surface area contributed by atoms with Crippen molar-refractivity contribution in [3.05, 3.63) is 24.3 Å². The molecule has 2 heterocycles. The highest BCUT2D eigenvalue weighted by atomic mass is 16.4. The van der Waals surface area contributed by atoms with Crippen LogP contribution in [0.4, 0.5) is 0 Å². The van der Waals surface area contributed by atoms with Gasteiger partial charge in [0.05, 0.1) is 12.5 Å². The fourth-order valence-corrected chi connectivity index (χ4v) is 2.15. The Balaban J connectivity index is 2.00. The highest BCUT2D eigenvalue weighted by molar-refractivity contribution is 5.71. The maximum atomic E-state index is 11.0. The zero-order valence-corrected chi connectivity index (χ0v) is 9.21. The molecule has 1 aromatic heterocycles. The molecular weight excluding hydrogens is 206 g/mol. The van der Waals surface area contributed by atoms with Crippen molar-refractivity contribution in [1.82, 2.24) is 14.9 Å². The van der Waals surface area contributed by atoms with Gasteiger partial charge in [-0.2, -0.15) is 0 Å². The smallest absolute Gasteiger partial charge is 0.308 e. The summed E-state index contributed by atoms with van der Waals surface area (Å²) in [4.78, 5) is 21.4. The molecule has 5 heteroatoms. The first-order chi connectivity index (χ1) is 7.68. The van der Waals surface area contributed by atoms with Gasteiger partial charge in [0, 0.05) is 18.4 Å². The first-order valence-electron chi connectivity index (χ1n) is 5.41. The lowest BCUT2D eigenvalue weighted by atomic mass is 10.0. The molecule has 0 saturated carbocycles. The number of likely N-dealkylation sites (tertiary alicyclic amines) is 1. The third kappa shape index (κ3) is 2.19. The Morgan fingerprint density at radius 1 is 1.56 bits per heavy atom. The van der Waals surface area contributed by atoms with E-state index in [1.807, 2.05) is 6.92 Å². The maximum absolute atomic E-state index is 11.0. The second-order valence-corrected chi connectivity index (χ2v) is 4.11. The fourth-order valence-electron chi connectivity index (χ4n) is 2.15. The zero-order chi connectivity index (χ0) is 11.5. The van der Waals surface area contributed by atoms with Crippen LogP contribution in [-0.2, 0) is 11.3 Å². The van der Waals surface area contributed by atoms with E-state index in [1.54, 1.807) is 18.5 Å². The lowest BCUT2D eigenvalue weighted by Gasteiger charge is -2.21. The van der Waals surface area contributed by atoms with Crippen LogP contribution in [0.5, 0.6) is 0 Å². The lowest BCUT2D eigenvalue weighted by Crippen LogP contribution is -2.33. The minimum absolute atomic E-state index is 0.0568. The average Bonchev–Trinajstić information content (AvgIpc) is 2.62. The molecule has 2 atom stereocenters. The number of carboxylic acid groups (broad SMARTS) is 1. The lowest BCUT2D eigenvalue weighted by molar-refractivity contribution is -0.142. The molecule has 0 aromatic carbocycles. The van der Waals surface area contributed by atoms with Gasteiger partial charge in [0.15, 0.2) is 0 Å². The van der Waals surface area contributed by atoms with E-state index in [1.165, 1.54) is 0 Å². The Kier molecular flexibility index (Phi) is 3.14. The Morgan fingerprint density at radius 3 is 2.81 bits per heavy atom. The molecule has 1 aromatic rings. The normalized spacial score (nSPS) is 25.8. The molecule has 0 amide bonds. The van der Waals surface area contributed by atoms with Crippen LogP contribution in [0.2, 0.25) is 0 Å². The number of rotatable bonds is 3. The van der Waals surface area contributed by atoms with Crippen LogP contribution in [0.25, 0.3) is 0 Å². The molecule has 2 unspecified atom stereocenters. The van der Waals surface area contributed by atoms with E-state index < -0.39 is 5.97 Å². The van der Waals surface area contributed by atoms with Gasteiger partial charge in [-0.15, -0.1) is 0 Å². The van der Waals surface area contributed by atoms with Gasteiger partial charge in [-0.25, -0.2) is 9.97 Å². The summed E-state index contributed by atoms with van der Waals surface area (Å²) in [6.45, 7) is 3.39. The Morgan fingerprint density at radius 2 is 2.25 bits per heavy atom. The Bertz CT molecular complexity index is 369. The molecule has 0 aliphatic carbocycles.